The van der Waals surface area contributed by atoms with Crippen LogP contribution in [-0.4, -0.2) is 56.9 Å². The highest BCUT2D eigenvalue weighted by Gasteiger charge is 2.46. The molecule has 41 heavy (non-hydrogen) atoms. The SMILES string of the molecule is CC(C)c1ncncc1-c1cc(F)ccc1Oc1cncnc1N1CCC2(CN(NCc3ccc(F)cc3)CO2)C1. The largest absolute Gasteiger partial charge is 0.451 e. The van der Waals surface area contributed by atoms with Crippen LogP contribution in [0.1, 0.15) is 37.4 Å². The van der Waals surface area contributed by atoms with Crippen molar-refractivity contribution < 1.29 is 18.3 Å². The smallest absolute Gasteiger partial charge is 0.188 e. The van der Waals surface area contributed by atoms with E-state index in [4.69, 9.17) is 9.47 Å². The van der Waals surface area contributed by atoms with Crippen LogP contribution in [0.4, 0.5) is 14.6 Å². The first-order chi connectivity index (χ1) is 19.9. The Hall–Kier alpha value is -4.06. The maximum Gasteiger partial charge on any atom is 0.188 e. The maximum atomic E-state index is 14.4. The van der Waals surface area contributed by atoms with Gasteiger partial charge in [0.05, 0.1) is 11.9 Å². The lowest BCUT2D eigenvalue weighted by Gasteiger charge is -2.25. The molecule has 4 heterocycles. The topological polar surface area (TPSA) is 88.5 Å². The zero-order valence-corrected chi connectivity index (χ0v) is 22.9. The summed E-state index contributed by atoms with van der Waals surface area (Å²) in [7, 11) is 0. The molecule has 1 atom stereocenters. The number of nitrogens with one attached hydrogen (secondary N) is 1. The van der Waals surface area contributed by atoms with Gasteiger partial charge in [0.2, 0.25) is 0 Å². The molecule has 9 nitrogen and oxygen atoms in total. The van der Waals surface area contributed by atoms with E-state index in [0.717, 1.165) is 24.2 Å². The number of nitrogens with zero attached hydrogens (tertiary/aromatic N) is 6. The normalized spacial score (nSPS) is 19.0. The van der Waals surface area contributed by atoms with Crippen molar-refractivity contribution in [1.29, 1.82) is 0 Å². The van der Waals surface area contributed by atoms with Gasteiger partial charge in [-0.15, -0.1) is 0 Å². The van der Waals surface area contributed by atoms with Crippen molar-refractivity contribution in [3.63, 3.8) is 0 Å². The standard InChI is InChI=1S/C30H31F2N7O2/c1-20(2)28-25(13-33-17-35-28)24-11-23(32)7-8-26(24)41-27-14-34-18-36-29(27)38-10-9-30(15-38)16-39(19-40-30)37-12-21-3-5-22(31)6-4-21/h3-8,11,13-14,17-18,20,37H,9-10,12,15-16,19H2,1-2H3. The van der Waals surface area contributed by atoms with Gasteiger partial charge < -0.3 is 14.4 Å². The van der Waals surface area contributed by atoms with Crippen LogP contribution in [0, 0.1) is 11.6 Å². The van der Waals surface area contributed by atoms with Gasteiger partial charge >= 0.3 is 0 Å². The van der Waals surface area contributed by atoms with Gasteiger partial charge in [-0.2, -0.15) is 0 Å². The van der Waals surface area contributed by atoms with Gasteiger partial charge in [-0.1, -0.05) is 26.0 Å². The number of hydrazine groups is 1. The Morgan fingerprint density at radius 3 is 2.56 bits per heavy atom. The zero-order chi connectivity index (χ0) is 28.4. The molecule has 2 aromatic carbocycles. The molecule has 2 aliphatic rings. The molecule has 0 bridgehead atoms. The molecule has 1 spiro atoms. The summed E-state index contributed by atoms with van der Waals surface area (Å²) in [5.74, 6) is 1.04. The van der Waals surface area contributed by atoms with Gasteiger partial charge in [0, 0.05) is 43.5 Å². The summed E-state index contributed by atoms with van der Waals surface area (Å²) >= 11 is 0. The van der Waals surface area contributed by atoms with Crippen molar-refractivity contribution in [2.75, 3.05) is 31.3 Å². The fourth-order valence-electron chi connectivity index (χ4n) is 5.38. The molecule has 212 valence electrons. The van der Waals surface area contributed by atoms with Gasteiger partial charge in [-0.25, -0.2) is 39.2 Å². The molecule has 1 N–H and O–H groups in total. The van der Waals surface area contributed by atoms with E-state index in [2.05, 4.69) is 30.3 Å². The van der Waals surface area contributed by atoms with Crippen LogP contribution in [0.2, 0.25) is 0 Å². The quantitative estimate of drug-likeness (QED) is 0.318. The zero-order valence-electron chi connectivity index (χ0n) is 22.9. The van der Waals surface area contributed by atoms with E-state index in [0.29, 0.717) is 54.8 Å². The van der Waals surface area contributed by atoms with E-state index in [9.17, 15) is 8.78 Å². The van der Waals surface area contributed by atoms with E-state index >= 15 is 0 Å². The average Bonchev–Trinajstić information content (AvgIpc) is 3.59. The third-order valence-corrected chi connectivity index (χ3v) is 7.44. The molecule has 2 aliphatic heterocycles. The maximum absolute atomic E-state index is 14.4. The first-order valence-corrected chi connectivity index (χ1v) is 13.6. The molecule has 2 aromatic heterocycles. The summed E-state index contributed by atoms with van der Waals surface area (Å²) in [6, 6.07) is 10.9. The minimum absolute atomic E-state index is 0.108. The van der Waals surface area contributed by atoms with Gasteiger partial charge in [0.1, 0.15) is 42.4 Å². The highest BCUT2D eigenvalue weighted by molar-refractivity contribution is 5.73. The summed E-state index contributed by atoms with van der Waals surface area (Å²) in [6.45, 7) is 7.12. The number of aromatic nitrogens is 4. The number of hydrogen-bond donors (Lipinski definition) is 1. The van der Waals surface area contributed by atoms with Gasteiger partial charge in [-0.05, 0) is 48.2 Å². The molecule has 0 amide bonds. The van der Waals surface area contributed by atoms with Crippen LogP contribution >= 0.6 is 0 Å². The number of rotatable bonds is 8. The lowest BCUT2D eigenvalue weighted by Crippen LogP contribution is -2.42. The Kier molecular flexibility index (Phi) is 7.57. The minimum atomic E-state index is -0.382. The van der Waals surface area contributed by atoms with E-state index in [1.165, 1.54) is 36.9 Å². The molecule has 2 saturated heterocycles. The predicted molar refractivity (Wildman–Crippen MR) is 149 cm³/mol. The van der Waals surface area contributed by atoms with Crippen molar-refractivity contribution in [1.82, 2.24) is 30.4 Å². The molecule has 11 heteroatoms. The van der Waals surface area contributed by atoms with Crippen molar-refractivity contribution >= 4 is 5.82 Å². The predicted octanol–water partition coefficient (Wildman–Crippen LogP) is 5.07. The van der Waals surface area contributed by atoms with Crippen molar-refractivity contribution in [2.24, 2.45) is 0 Å². The third-order valence-electron chi connectivity index (χ3n) is 7.44. The Balaban J connectivity index is 1.19. The van der Waals surface area contributed by atoms with Gasteiger partial charge in [-0.3, -0.25) is 0 Å². The average molecular weight is 560 g/mol. The molecule has 1 unspecified atom stereocenters. The molecular weight excluding hydrogens is 528 g/mol. The second-order valence-electron chi connectivity index (χ2n) is 10.7. The summed E-state index contributed by atoms with van der Waals surface area (Å²) in [4.78, 5) is 19.5. The minimum Gasteiger partial charge on any atom is -0.451 e. The van der Waals surface area contributed by atoms with Crippen LogP contribution < -0.4 is 15.1 Å². The lowest BCUT2D eigenvalue weighted by molar-refractivity contribution is 0.0158. The Morgan fingerprint density at radius 2 is 1.73 bits per heavy atom. The highest BCUT2D eigenvalue weighted by Crippen LogP contribution is 2.41. The van der Waals surface area contributed by atoms with Gasteiger partial charge in [0.15, 0.2) is 11.6 Å². The van der Waals surface area contributed by atoms with E-state index in [-0.39, 0.29) is 23.2 Å². The van der Waals surface area contributed by atoms with Crippen LogP contribution in [0.25, 0.3) is 11.1 Å². The summed E-state index contributed by atoms with van der Waals surface area (Å²) in [5, 5.41) is 2.04. The second-order valence-corrected chi connectivity index (χ2v) is 10.7. The third kappa shape index (κ3) is 5.88. The highest BCUT2D eigenvalue weighted by atomic mass is 19.1. The molecule has 6 rings (SSSR count). The Morgan fingerprint density at radius 1 is 0.951 bits per heavy atom. The van der Waals surface area contributed by atoms with E-state index < -0.39 is 0 Å². The first kappa shape index (κ1) is 27.1. The summed E-state index contributed by atoms with van der Waals surface area (Å²) in [6.07, 6.45) is 7.11. The van der Waals surface area contributed by atoms with Crippen molar-refractivity contribution in [3.05, 3.63) is 90.4 Å². The van der Waals surface area contributed by atoms with Crippen LogP contribution in [0.15, 0.2) is 67.5 Å². The number of benzene rings is 2. The number of ether oxygens (including phenoxy) is 2. The number of halogens is 2. The fourth-order valence-corrected chi connectivity index (χ4v) is 5.38. The van der Waals surface area contributed by atoms with Crippen LogP contribution in [-0.2, 0) is 11.3 Å². The van der Waals surface area contributed by atoms with Crippen molar-refractivity contribution in [2.45, 2.75) is 38.3 Å². The molecule has 0 aliphatic carbocycles. The molecular formula is C30H31F2N7O2. The van der Waals surface area contributed by atoms with Crippen molar-refractivity contribution in [3.8, 4) is 22.6 Å². The second kappa shape index (κ2) is 11.4. The Bertz CT molecular complexity index is 1520. The molecule has 2 fully saturated rings. The van der Waals surface area contributed by atoms with Gasteiger partial charge in [0.25, 0.3) is 0 Å². The summed E-state index contributed by atoms with van der Waals surface area (Å²) < 4.78 is 40.3. The molecule has 0 radical (unpaired) electrons. The van der Waals surface area contributed by atoms with Crippen LogP contribution in [0.3, 0.4) is 0 Å². The summed E-state index contributed by atoms with van der Waals surface area (Å²) in [5.41, 5.74) is 6.08. The first-order valence-electron chi connectivity index (χ1n) is 13.6. The number of anilines is 1. The van der Waals surface area contributed by atoms with E-state index in [1.807, 2.05) is 18.9 Å². The fraction of sp³-hybridized carbons (Fsp3) is 0.333. The van der Waals surface area contributed by atoms with Crippen LogP contribution in [0.5, 0.6) is 11.5 Å². The number of hydrogen-bond acceptors (Lipinski definition) is 9. The monoisotopic (exact) mass is 559 g/mol. The lowest BCUT2D eigenvalue weighted by atomic mass is 9.98. The molecule has 4 aromatic rings. The molecule has 0 saturated carbocycles. The Labute approximate surface area is 237 Å². The van der Waals surface area contributed by atoms with E-state index in [1.54, 1.807) is 30.6 Å².